The van der Waals surface area contributed by atoms with Gasteiger partial charge in [0.2, 0.25) is 0 Å². The van der Waals surface area contributed by atoms with Crippen LogP contribution in [-0.2, 0) is 4.74 Å². The van der Waals surface area contributed by atoms with Gasteiger partial charge in [-0.05, 0) is 26.7 Å². The molecule has 1 fully saturated rings. The van der Waals surface area contributed by atoms with Crippen LogP contribution >= 0.6 is 11.3 Å². The Labute approximate surface area is 129 Å². The number of aryl methyl sites for hydroxylation is 1. The van der Waals surface area contributed by atoms with Crippen LogP contribution in [0.1, 0.15) is 40.1 Å². The molecule has 0 radical (unpaired) electrons. The molecule has 5 nitrogen and oxygen atoms in total. The Bertz CT molecular complexity index is 557. The molecule has 1 aromatic heterocycles. The van der Waals surface area contributed by atoms with Gasteiger partial charge in [0.05, 0.1) is 11.8 Å². The van der Waals surface area contributed by atoms with Crippen LogP contribution in [0.25, 0.3) is 5.57 Å². The van der Waals surface area contributed by atoms with Gasteiger partial charge in [-0.15, -0.1) is 11.3 Å². The molecule has 21 heavy (non-hydrogen) atoms. The van der Waals surface area contributed by atoms with Gasteiger partial charge >= 0.3 is 0 Å². The maximum absolute atomic E-state index is 12.3. The van der Waals surface area contributed by atoms with Gasteiger partial charge in [0.25, 0.3) is 5.91 Å². The van der Waals surface area contributed by atoms with Crippen molar-refractivity contribution in [3.05, 3.63) is 21.7 Å². The Morgan fingerprint density at radius 3 is 3.05 bits per heavy atom. The molecule has 1 N–H and O–H groups in total. The van der Waals surface area contributed by atoms with E-state index in [2.05, 4.69) is 15.3 Å². The van der Waals surface area contributed by atoms with E-state index < -0.39 is 0 Å². The summed E-state index contributed by atoms with van der Waals surface area (Å²) in [6, 6.07) is 0. The van der Waals surface area contributed by atoms with E-state index in [0.29, 0.717) is 11.4 Å². The van der Waals surface area contributed by atoms with Gasteiger partial charge in [-0.1, -0.05) is 6.08 Å². The first kappa shape index (κ1) is 15.9. The number of nitrogens with one attached hydrogen (secondary N) is 1. The standard InChI is InChI=1S/C15H21N3O2S/c1-4-11(8-16-3)15-18-10(2)13(21-15)14(19)17-9-12-6-5-7-20-12/h4,8,12H,5-7,9H2,1-3H3,(H,17,19)/b11-4+,16-8-. The summed E-state index contributed by atoms with van der Waals surface area (Å²) < 4.78 is 5.51. The van der Waals surface area contributed by atoms with Crippen LogP contribution in [0.5, 0.6) is 0 Å². The smallest absolute Gasteiger partial charge is 0.263 e. The molecule has 0 aliphatic carbocycles. The molecule has 1 aromatic rings. The fourth-order valence-corrected chi connectivity index (χ4v) is 3.24. The van der Waals surface area contributed by atoms with E-state index in [4.69, 9.17) is 4.74 Å². The predicted molar refractivity (Wildman–Crippen MR) is 86.2 cm³/mol. The highest BCUT2D eigenvalue weighted by Crippen LogP contribution is 2.23. The number of rotatable bonds is 5. The van der Waals surface area contributed by atoms with E-state index in [0.717, 1.165) is 35.7 Å². The lowest BCUT2D eigenvalue weighted by molar-refractivity contribution is 0.0860. The number of carbonyl (C=O) groups excluding carboxylic acids is 1. The molecule has 1 unspecified atom stereocenters. The SMILES string of the molecule is C/C=C(\C=N/C)c1nc(C)c(C(=O)NCC2CCCO2)s1. The molecule has 2 heterocycles. The number of hydrogen-bond donors (Lipinski definition) is 1. The van der Waals surface area contributed by atoms with Crippen molar-refractivity contribution >= 4 is 29.0 Å². The van der Waals surface area contributed by atoms with Gasteiger partial charge in [0, 0.05) is 32.0 Å². The van der Waals surface area contributed by atoms with Crippen molar-refractivity contribution in [2.75, 3.05) is 20.2 Å². The summed E-state index contributed by atoms with van der Waals surface area (Å²) in [5, 5.41) is 3.76. The van der Waals surface area contributed by atoms with Crippen molar-refractivity contribution in [2.24, 2.45) is 4.99 Å². The van der Waals surface area contributed by atoms with Crippen molar-refractivity contribution < 1.29 is 9.53 Å². The minimum absolute atomic E-state index is 0.0735. The molecule has 1 atom stereocenters. The first-order valence-electron chi connectivity index (χ1n) is 7.11. The second kappa shape index (κ2) is 7.47. The topological polar surface area (TPSA) is 63.6 Å². The lowest BCUT2D eigenvalue weighted by Crippen LogP contribution is -2.31. The first-order valence-corrected chi connectivity index (χ1v) is 7.93. The lowest BCUT2D eigenvalue weighted by atomic mass is 10.2. The average molecular weight is 307 g/mol. The number of thiazole rings is 1. The van der Waals surface area contributed by atoms with Crippen molar-refractivity contribution in [2.45, 2.75) is 32.8 Å². The van der Waals surface area contributed by atoms with Crippen LogP contribution in [0.15, 0.2) is 11.1 Å². The second-order valence-corrected chi connectivity index (χ2v) is 5.91. The van der Waals surface area contributed by atoms with Crippen molar-refractivity contribution in [1.82, 2.24) is 10.3 Å². The third kappa shape index (κ3) is 3.98. The fraction of sp³-hybridized carbons (Fsp3) is 0.533. The minimum atomic E-state index is -0.0735. The van der Waals surface area contributed by atoms with E-state index in [-0.39, 0.29) is 12.0 Å². The maximum atomic E-state index is 12.3. The Morgan fingerprint density at radius 2 is 2.43 bits per heavy atom. The summed E-state index contributed by atoms with van der Waals surface area (Å²) in [6.45, 7) is 5.16. The number of aromatic nitrogens is 1. The number of nitrogens with zero attached hydrogens (tertiary/aromatic N) is 2. The van der Waals surface area contributed by atoms with E-state index >= 15 is 0 Å². The van der Waals surface area contributed by atoms with Crippen LogP contribution in [0.4, 0.5) is 0 Å². The molecule has 2 rings (SSSR count). The molecule has 1 aliphatic rings. The normalized spacial score (nSPS) is 19.4. The third-order valence-corrected chi connectivity index (χ3v) is 4.55. The van der Waals surface area contributed by atoms with Crippen LogP contribution in [0.3, 0.4) is 0 Å². The van der Waals surface area contributed by atoms with E-state index in [9.17, 15) is 4.79 Å². The van der Waals surface area contributed by atoms with Gasteiger partial charge < -0.3 is 10.1 Å². The summed E-state index contributed by atoms with van der Waals surface area (Å²) in [5.41, 5.74) is 1.69. The third-order valence-electron chi connectivity index (χ3n) is 3.34. The Morgan fingerprint density at radius 1 is 1.62 bits per heavy atom. The molecule has 1 aliphatic heterocycles. The molecule has 1 saturated heterocycles. The van der Waals surface area contributed by atoms with Crippen molar-refractivity contribution in [3.63, 3.8) is 0 Å². The van der Waals surface area contributed by atoms with Crippen LogP contribution in [0.2, 0.25) is 0 Å². The van der Waals surface area contributed by atoms with Gasteiger partial charge in [0.15, 0.2) is 0 Å². The van der Waals surface area contributed by atoms with Gasteiger partial charge in [0.1, 0.15) is 9.88 Å². The Balaban J connectivity index is 2.05. The summed E-state index contributed by atoms with van der Waals surface area (Å²) in [5.74, 6) is -0.0735. The average Bonchev–Trinajstić information content (AvgIpc) is 3.11. The Hall–Kier alpha value is -1.53. The summed E-state index contributed by atoms with van der Waals surface area (Å²) in [6.07, 6.45) is 5.94. The van der Waals surface area contributed by atoms with Gasteiger partial charge in [-0.3, -0.25) is 9.79 Å². The van der Waals surface area contributed by atoms with E-state index in [1.807, 2.05) is 19.9 Å². The molecular weight excluding hydrogens is 286 g/mol. The zero-order chi connectivity index (χ0) is 15.2. The largest absolute Gasteiger partial charge is 0.376 e. The number of aliphatic imine (C=N–C) groups is 1. The molecule has 0 aromatic carbocycles. The quantitative estimate of drug-likeness (QED) is 0.850. The van der Waals surface area contributed by atoms with E-state index in [1.165, 1.54) is 11.3 Å². The first-order chi connectivity index (χ1) is 10.2. The minimum Gasteiger partial charge on any atom is -0.376 e. The Kier molecular flexibility index (Phi) is 5.64. The molecule has 114 valence electrons. The maximum Gasteiger partial charge on any atom is 0.263 e. The zero-order valence-corrected chi connectivity index (χ0v) is 13.5. The molecule has 0 saturated carbocycles. The summed E-state index contributed by atoms with van der Waals surface area (Å²) >= 11 is 1.40. The summed E-state index contributed by atoms with van der Waals surface area (Å²) in [7, 11) is 1.72. The van der Waals surface area contributed by atoms with Crippen LogP contribution < -0.4 is 5.32 Å². The number of carbonyl (C=O) groups is 1. The molecule has 0 spiro atoms. The number of amides is 1. The summed E-state index contributed by atoms with van der Waals surface area (Å²) in [4.78, 5) is 21.4. The number of allylic oxidation sites excluding steroid dienone is 2. The van der Waals surface area contributed by atoms with Gasteiger partial charge in [-0.2, -0.15) is 0 Å². The molecule has 0 bridgehead atoms. The second-order valence-electron chi connectivity index (χ2n) is 4.91. The molecular formula is C15H21N3O2S. The highest BCUT2D eigenvalue weighted by molar-refractivity contribution is 7.15. The monoisotopic (exact) mass is 307 g/mol. The zero-order valence-electron chi connectivity index (χ0n) is 12.7. The fourth-order valence-electron chi connectivity index (χ4n) is 2.22. The van der Waals surface area contributed by atoms with Crippen molar-refractivity contribution in [3.8, 4) is 0 Å². The van der Waals surface area contributed by atoms with Crippen LogP contribution in [-0.4, -0.2) is 43.4 Å². The van der Waals surface area contributed by atoms with E-state index in [1.54, 1.807) is 13.3 Å². The molecule has 1 amide bonds. The predicted octanol–water partition coefficient (Wildman–Crippen LogP) is 2.46. The number of ether oxygens (including phenoxy) is 1. The molecule has 6 heteroatoms. The lowest BCUT2D eigenvalue weighted by Gasteiger charge is -2.09. The number of hydrogen-bond acceptors (Lipinski definition) is 5. The highest BCUT2D eigenvalue weighted by Gasteiger charge is 2.20. The van der Waals surface area contributed by atoms with Gasteiger partial charge in [-0.25, -0.2) is 4.98 Å². The highest BCUT2D eigenvalue weighted by atomic mass is 32.1. The van der Waals surface area contributed by atoms with Crippen LogP contribution in [0, 0.1) is 6.92 Å². The van der Waals surface area contributed by atoms with Crippen molar-refractivity contribution in [1.29, 1.82) is 0 Å².